The minimum absolute atomic E-state index is 0.0336. The number of alkyl halides is 1. The summed E-state index contributed by atoms with van der Waals surface area (Å²) in [7, 11) is 1.56. The standard InChI is InChI=1S/C26H30F3N3O2/c1-3-31-12-11-24(23(29)16-31)30(2)25(34)32-15-18(21-13-20(27)9-10-22(21)28)14-26(32,17-33)19-7-5-4-6-8-19/h4-10,13-14,23-24,33H,3,11-12,15-17H2,1-2H3/t23?,24?,26-/m1/s1. The van der Waals surface area contributed by atoms with Crippen molar-refractivity contribution < 1.29 is 23.1 Å². The highest BCUT2D eigenvalue weighted by Crippen LogP contribution is 2.41. The molecule has 1 fully saturated rings. The second kappa shape index (κ2) is 9.80. The van der Waals surface area contributed by atoms with Crippen LogP contribution in [0.5, 0.6) is 0 Å². The molecule has 2 aliphatic rings. The van der Waals surface area contributed by atoms with Crippen LogP contribution >= 0.6 is 0 Å². The molecule has 3 atom stereocenters. The average Bonchev–Trinajstić information content (AvgIpc) is 3.26. The second-order valence-corrected chi connectivity index (χ2v) is 8.99. The van der Waals surface area contributed by atoms with Gasteiger partial charge in [-0.1, -0.05) is 37.3 Å². The Kier molecular flexibility index (Phi) is 7.00. The number of hydrogen-bond donors (Lipinski definition) is 1. The SMILES string of the molecule is CCN1CCC(N(C)C(=O)N2CC(c3cc(F)ccc3F)=C[C@@]2(CO)c2ccccc2)C(F)C1. The number of piperidine rings is 1. The fourth-order valence-corrected chi connectivity index (χ4v) is 5.07. The minimum atomic E-state index is -1.30. The minimum Gasteiger partial charge on any atom is -0.393 e. The fraction of sp³-hybridized carbons (Fsp3) is 0.423. The molecule has 2 heterocycles. The van der Waals surface area contributed by atoms with Gasteiger partial charge in [-0.3, -0.25) is 0 Å². The largest absolute Gasteiger partial charge is 0.393 e. The quantitative estimate of drug-likeness (QED) is 0.713. The van der Waals surface area contributed by atoms with Gasteiger partial charge in [0.05, 0.1) is 12.6 Å². The first-order valence-electron chi connectivity index (χ1n) is 11.5. The lowest BCUT2D eigenvalue weighted by Gasteiger charge is -2.43. The van der Waals surface area contributed by atoms with Gasteiger partial charge in [-0.15, -0.1) is 0 Å². The van der Waals surface area contributed by atoms with Crippen LogP contribution < -0.4 is 0 Å². The van der Waals surface area contributed by atoms with Crippen LogP contribution in [-0.4, -0.2) is 77.9 Å². The molecule has 0 saturated carbocycles. The highest BCUT2D eigenvalue weighted by molar-refractivity contribution is 5.83. The fourth-order valence-electron chi connectivity index (χ4n) is 5.07. The van der Waals surface area contributed by atoms with Crippen LogP contribution in [0.1, 0.15) is 24.5 Å². The van der Waals surface area contributed by atoms with Crippen molar-refractivity contribution in [1.82, 2.24) is 14.7 Å². The number of halogens is 3. The van der Waals surface area contributed by atoms with Gasteiger partial charge < -0.3 is 19.8 Å². The molecule has 2 aromatic carbocycles. The van der Waals surface area contributed by atoms with Gasteiger partial charge in [0.1, 0.15) is 23.3 Å². The van der Waals surface area contributed by atoms with Gasteiger partial charge in [0, 0.05) is 32.2 Å². The molecule has 1 N–H and O–H groups in total. The molecule has 0 bridgehead atoms. The summed E-state index contributed by atoms with van der Waals surface area (Å²) in [6.07, 6.45) is 0.901. The predicted octanol–water partition coefficient (Wildman–Crippen LogP) is 4.04. The first-order chi connectivity index (χ1) is 16.3. The van der Waals surface area contributed by atoms with E-state index >= 15 is 4.39 Å². The van der Waals surface area contributed by atoms with E-state index in [0.717, 1.165) is 24.7 Å². The summed E-state index contributed by atoms with van der Waals surface area (Å²) >= 11 is 0. The summed E-state index contributed by atoms with van der Waals surface area (Å²) in [4.78, 5) is 18.6. The number of likely N-dealkylation sites (tertiary alicyclic amines) is 1. The van der Waals surface area contributed by atoms with Crippen LogP contribution in [0.25, 0.3) is 5.57 Å². The molecule has 2 aliphatic heterocycles. The number of carbonyl (C=O) groups is 1. The van der Waals surface area contributed by atoms with E-state index in [-0.39, 0.29) is 18.7 Å². The third-order valence-electron chi connectivity index (χ3n) is 7.08. The zero-order valence-electron chi connectivity index (χ0n) is 19.4. The predicted molar refractivity (Wildman–Crippen MR) is 125 cm³/mol. The lowest BCUT2D eigenvalue weighted by molar-refractivity contribution is 0.0369. The van der Waals surface area contributed by atoms with Crippen LogP contribution in [0.2, 0.25) is 0 Å². The molecule has 0 spiro atoms. The van der Waals surface area contributed by atoms with E-state index in [9.17, 15) is 18.7 Å². The Morgan fingerprint density at radius 3 is 2.59 bits per heavy atom. The molecule has 4 rings (SSSR count). The van der Waals surface area contributed by atoms with Gasteiger partial charge in [-0.05, 0) is 48.4 Å². The number of aliphatic hydroxyl groups is 1. The molecule has 34 heavy (non-hydrogen) atoms. The van der Waals surface area contributed by atoms with E-state index in [1.807, 2.05) is 17.9 Å². The summed E-state index contributed by atoms with van der Waals surface area (Å²) in [5, 5.41) is 10.6. The van der Waals surface area contributed by atoms with Crippen molar-refractivity contribution >= 4 is 11.6 Å². The summed E-state index contributed by atoms with van der Waals surface area (Å²) in [5.74, 6) is -1.22. The van der Waals surface area contributed by atoms with Crippen molar-refractivity contribution in [3.8, 4) is 0 Å². The number of urea groups is 1. The van der Waals surface area contributed by atoms with E-state index in [1.54, 1.807) is 37.4 Å². The molecule has 2 unspecified atom stereocenters. The Morgan fingerprint density at radius 1 is 1.21 bits per heavy atom. The van der Waals surface area contributed by atoms with Crippen LogP contribution in [0.3, 0.4) is 0 Å². The zero-order valence-corrected chi connectivity index (χ0v) is 19.4. The molecule has 0 aromatic heterocycles. The first kappa shape index (κ1) is 24.3. The van der Waals surface area contributed by atoms with E-state index in [2.05, 4.69) is 0 Å². The summed E-state index contributed by atoms with van der Waals surface area (Å²) < 4.78 is 43.6. The number of rotatable bonds is 5. The van der Waals surface area contributed by atoms with E-state index in [1.165, 1.54) is 9.80 Å². The molecule has 1 saturated heterocycles. The summed E-state index contributed by atoms with van der Waals surface area (Å²) in [6, 6.07) is 11.0. The molecule has 2 aromatic rings. The van der Waals surface area contributed by atoms with Crippen LogP contribution in [-0.2, 0) is 5.54 Å². The van der Waals surface area contributed by atoms with Crippen molar-refractivity contribution in [2.24, 2.45) is 0 Å². The monoisotopic (exact) mass is 473 g/mol. The zero-order chi connectivity index (χ0) is 24.5. The Morgan fingerprint density at radius 2 is 1.94 bits per heavy atom. The highest BCUT2D eigenvalue weighted by Gasteiger charge is 2.47. The van der Waals surface area contributed by atoms with Gasteiger partial charge in [-0.2, -0.15) is 0 Å². The maximum absolute atomic E-state index is 15.0. The lowest BCUT2D eigenvalue weighted by Crippen LogP contribution is -2.58. The molecular formula is C26H30F3N3O2. The normalized spacial score (nSPS) is 25.4. The van der Waals surface area contributed by atoms with E-state index < -0.39 is 42.0 Å². The van der Waals surface area contributed by atoms with Crippen molar-refractivity contribution in [2.75, 3.05) is 39.8 Å². The van der Waals surface area contributed by atoms with Gasteiger partial charge in [0.15, 0.2) is 0 Å². The van der Waals surface area contributed by atoms with E-state index in [0.29, 0.717) is 24.1 Å². The van der Waals surface area contributed by atoms with Crippen LogP contribution in [0, 0.1) is 11.6 Å². The van der Waals surface area contributed by atoms with E-state index in [4.69, 9.17) is 0 Å². The topological polar surface area (TPSA) is 47.0 Å². The highest BCUT2D eigenvalue weighted by atomic mass is 19.1. The third kappa shape index (κ3) is 4.32. The van der Waals surface area contributed by atoms with Crippen molar-refractivity contribution in [2.45, 2.75) is 31.1 Å². The molecule has 182 valence electrons. The van der Waals surface area contributed by atoms with Gasteiger partial charge in [-0.25, -0.2) is 18.0 Å². The molecule has 2 amide bonds. The van der Waals surface area contributed by atoms with Gasteiger partial charge >= 0.3 is 6.03 Å². The van der Waals surface area contributed by atoms with Crippen molar-refractivity contribution in [3.63, 3.8) is 0 Å². The lowest BCUT2D eigenvalue weighted by atomic mass is 9.89. The Bertz CT molecular complexity index is 1060. The average molecular weight is 474 g/mol. The Balaban J connectivity index is 1.72. The second-order valence-electron chi connectivity index (χ2n) is 8.99. The van der Waals surface area contributed by atoms with Crippen molar-refractivity contribution in [1.29, 1.82) is 0 Å². The van der Waals surface area contributed by atoms with Gasteiger partial charge in [0.25, 0.3) is 0 Å². The Hall–Kier alpha value is -2.84. The molecule has 0 aliphatic carbocycles. The first-order valence-corrected chi connectivity index (χ1v) is 11.5. The molecule has 5 nitrogen and oxygen atoms in total. The van der Waals surface area contributed by atoms with Crippen LogP contribution in [0.4, 0.5) is 18.0 Å². The number of carbonyl (C=O) groups excluding carboxylic acids is 1. The maximum atomic E-state index is 15.0. The molecule has 8 heteroatoms. The van der Waals surface area contributed by atoms with Gasteiger partial charge in [0.2, 0.25) is 0 Å². The summed E-state index contributed by atoms with van der Waals surface area (Å²) in [5.41, 5.74) is -0.249. The number of benzene rings is 2. The number of nitrogens with zero attached hydrogens (tertiary/aromatic N) is 3. The molecule has 0 radical (unpaired) electrons. The summed E-state index contributed by atoms with van der Waals surface area (Å²) in [6.45, 7) is 3.13. The maximum Gasteiger partial charge on any atom is 0.321 e. The number of hydrogen-bond acceptors (Lipinski definition) is 3. The Labute approximate surface area is 198 Å². The van der Waals surface area contributed by atoms with Crippen LogP contribution in [0.15, 0.2) is 54.6 Å². The number of aliphatic hydroxyl groups excluding tert-OH is 1. The third-order valence-corrected chi connectivity index (χ3v) is 7.08. The number of amides is 2. The molecular weight excluding hydrogens is 443 g/mol. The smallest absolute Gasteiger partial charge is 0.321 e. The van der Waals surface area contributed by atoms with Crippen molar-refractivity contribution in [3.05, 3.63) is 77.4 Å².